The number of benzene rings is 1. The van der Waals surface area contributed by atoms with Crippen LogP contribution in [-0.4, -0.2) is 53.0 Å². The second-order valence-electron chi connectivity index (χ2n) is 6.17. The van der Waals surface area contributed by atoms with Crippen LogP contribution in [0, 0.1) is 5.82 Å². The van der Waals surface area contributed by atoms with Gasteiger partial charge in [0, 0.05) is 18.8 Å². The van der Waals surface area contributed by atoms with Gasteiger partial charge < -0.3 is 4.90 Å². The molecule has 1 aliphatic heterocycles. The molecule has 0 saturated carbocycles. The fraction of sp³-hybridized carbons (Fsp3) is 0.353. The Balaban J connectivity index is 1.96. The lowest BCUT2D eigenvalue weighted by atomic mass is 10.1. The third kappa shape index (κ3) is 4.85. The number of aromatic nitrogens is 2. The van der Waals surface area contributed by atoms with E-state index in [4.69, 9.17) is 0 Å². The Morgan fingerprint density at radius 2 is 2.07 bits per heavy atom. The number of amides is 1. The molecule has 1 unspecified atom stereocenters. The topological polar surface area (TPSA) is 80.2 Å². The SMILES string of the molecule is CSc1ncc(Br)c(C(=O)N(Cc2ccc(F)cc2)C2CCS(=O)(=O)C2)n1. The maximum Gasteiger partial charge on any atom is 0.274 e. The van der Waals surface area contributed by atoms with E-state index < -0.39 is 15.9 Å². The fourth-order valence-corrected chi connectivity index (χ4v) is 5.34. The second kappa shape index (κ2) is 8.24. The molecule has 144 valence electrons. The molecule has 1 aromatic carbocycles. The summed E-state index contributed by atoms with van der Waals surface area (Å²) < 4.78 is 37.5. The molecule has 3 rings (SSSR count). The van der Waals surface area contributed by atoms with Gasteiger partial charge in [0.1, 0.15) is 11.5 Å². The molecule has 0 N–H and O–H groups in total. The van der Waals surface area contributed by atoms with Crippen molar-refractivity contribution in [2.24, 2.45) is 0 Å². The molecule has 1 aromatic heterocycles. The van der Waals surface area contributed by atoms with E-state index in [1.54, 1.807) is 18.4 Å². The van der Waals surface area contributed by atoms with Crippen LogP contribution < -0.4 is 0 Å². The number of carbonyl (C=O) groups is 1. The first-order valence-electron chi connectivity index (χ1n) is 8.11. The van der Waals surface area contributed by atoms with Crippen LogP contribution in [0.5, 0.6) is 0 Å². The number of hydrogen-bond donors (Lipinski definition) is 0. The zero-order valence-corrected chi connectivity index (χ0v) is 17.7. The molecule has 27 heavy (non-hydrogen) atoms. The van der Waals surface area contributed by atoms with Gasteiger partial charge in [0.2, 0.25) is 0 Å². The summed E-state index contributed by atoms with van der Waals surface area (Å²) in [5.41, 5.74) is 0.894. The first-order valence-corrected chi connectivity index (χ1v) is 12.0. The molecule has 0 spiro atoms. The Bertz CT molecular complexity index is 954. The predicted octanol–water partition coefficient (Wildman–Crippen LogP) is 2.93. The molecule has 2 aromatic rings. The van der Waals surface area contributed by atoms with Gasteiger partial charge in [0.25, 0.3) is 5.91 Å². The zero-order chi connectivity index (χ0) is 19.6. The lowest BCUT2D eigenvalue weighted by Crippen LogP contribution is -2.41. The van der Waals surface area contributed by atoms with Gasteiger partial charge in [-0.15, -0.1) is 0 Å². The number of carbonyl (C=O) groups excluding carboxylic acids is 1. The van der Waals surface area contributed by atoms with E-state index in [-0.39, 0.29) is 35.5 Å². The maximum absolute atomic E-state index is 13.2. The summed E-state index contributed by atoms with van der Waals surface area (Å²) >= 11 is 4.61. The van der Waals surface area contributed by atoms with E-state index in [1.807, 2.05) is 0 Å². The first kappa shape index (κ1) is 20.2. The smallest absolute Gasteiger partial charge is 0.274 e. The van der Waals surface area contributed by atoms with Crippen molar-refractivity contribution in [2.75, 3.05) is 17.8 Å². The van der Waals surface area contributed by atoms with E-state index in [0.717, 1.165) is 0 Å². The van der Waals surface area contributed by atoms with Crippen molar-refractivity contribution >= 4 is 43.4 Å². The summed E-state index contributed by atoms with van der Waals surface area (Å²) in [4.78, 5) is 23.1. The molecule has 1 saturated heterocycles. The summed E-state index contributed by atoms with van der Waals surface area (Å²) in [6, 6.07) is 5.35. The molecule has 2 heterocycles. The number of thioether (sulfide) groups is 1. The van der Waals surface area contributed by atoms with Gasteiger partial charge >= 0.3 is 0 Å². The van der Waals surface area contributed by atoms with Gasteiger partial charge in [-0.2, -0.15) is 0 Å². The number of rotatable bonds is 5. The Hall–Kier alpha value is -1.52. The van der Waals surface area contributed by atoms with E-state index in [9.17, 15) is 17.6 Å². The van der Waals surface area contributed by atoms with Crippen LogP contribution in [0.2, 0.25) is 0 Å². The average Bonchev–Trinajstić information content (AvgIpc) is 3.00. The molecule has 10 heteroatoms. The van der Waals surface area contributed by atoms with Crippen molar-refractivity contribution in [1.29, 1.82) is 0 Å². The Labute approximate surface area is 169 Å². The lowest BCUT2D eigenvalue weighted by molar-refractivity contribution is 0.0672. The summed E-state index contributed by atoms with van der Waals surface area (Å²) in [6.07, 6.45) is 3.68. The number of sulfone groups is 1. The third-order valence-electron chi connectivity index (χ3n) is 4.28. The first-order chi connectivity index (χ1) is 12.8. The fourth-order valence-electron chi connectivity index (χ4n) is 2.91. The minimum Gasteiger partial charge on any atom is -0.329 e. The molecule has 1 atom stereocenters. The number of hydrogen-bond acceptors (Lipinski definition) is 6. The molecular weight excluding hydrogens is 457 g/mol. The highest BCUT2D eigenvalue weighted by Gasteiger charge is 2.36. The molecule has 6 nitrogen and oxygen atoms in total. The third-order valence-corrected chi connectivity index (χ3v) is 7.18. The molecule has 1 fully saturated rings. The number of nitrogens with zero attached hydrogens (tertiary/aromatic N) is 3. The lowest BCUT2D eigenvalue weighted by Gasteiger charge is -2.28. The summed E-state index contributed by atoms with van der Waals surface area (Å²) in [5.74, 6) is -0.793. The average molecular weight is 474 g/mol. The van der Waals surface area contributed by atoms with Crippen LogP contribution in [0.1, 0.15) is 22.5 Å². The monoisotopic (exact) mass is 473 g/mol. The van der Waals surface area contributed by atoms with Gasteiger partial charge in [0.05, 0.1) is 16.0 Å². The summed E-state index contributed by atoms with van der Waals surface area (Å²) in [5, 5.41) is 0.447. The van der Waals surface area contributed by atoms with Crippen LogP contribution in [0.15, 0.2) is 40.1 Å². The highest BCUT2D eigenvalue weighted by molar-refractivity contribution is 9.10. The van der Waals surface area contributed by atoms with Gasteiger partial charge in [-0.25, -0.2) is 22.8 Å². The van der Waals surface area contributed by atoms with Crippen LogP contribution in [0.25, 0.3) is 0 Å². The molecule has 0 bridgehead atoms. The highest BCUT2D eigenvalue weighted by atomic mass is 79.9. The van der Waals surface area contributed by atoms with Crippen LogP contribution >= 0.6 is 27.7 Å². The van der Waals surface area contributed by atoms with Gasteiger partial charge in [-0.05, 0) is 46.3 Å². The Kier molecular flexibility index (Phi) is 6.17. The Morgan fingerprint density at radius 1 is 1.37 bits per heavy atom. The van der Waals surface area contributed by atoms with Gasteiger partial charge in [-0.3, -0.25) is 4.79 Å². The standard InChI is InChI=1S/C17H17BrFN3O3S2/c1-26-17-20-8-14(18)15(21-17)16(23)22(13-6-7-27(24,25)10-13)9-11-2-4-12(19)5-3-11/h2-5,8,13H,6-7,9-10H2,1H3. The normalized spacial score (nSPS) is 18.4. The quantitative estimate of drug-likeness (QED) is 0.490. The van der Waals surface area contributed by atoms with Crippen LogP contribution in [0.4, 0.5) is 4.39 Å². The van der Waals surface area contributed by atoms with Crippen LogP contribution in [-0.2, 0) is 16.4 Å². The van der Waals surface area contributed by atoms with Crippen molar-refractivity contribution in [2.45, 2.75) is 24.2 Å². The second-order valence-corrected chi connectivity index (χ2v) is 10.0. The van der Waals surface area contributed by atoms with E-state index in [0.29, 0.717) is 21.6 Å². The van der Waals surface area contributed by atoms with E-state index in [2.05, 4.69) is 25.9 Å². The molecule has 1 amide bonds. The van der Waals surface area contributed by atoms with E-state index in [1.165, 1.54) is 35.0 Å². The van der Waals surface area contributed by atoms with Crippen LogP contribution in [0.3, 0.4) is 0 Å². The van der Waals surface area contributed by atoms with Crippen molar-refractivity contribution in [3.05, 3.63) is 52.0 Å². The predicted molar refractivity (Wildman–Crippen MR) is 105 cm³/mol. The summed E-state index contributed by atoms with van der Waals surface area (Å²) in [6.45, 7) is 0.171. The maximum atomic E-state index is 13.2. The minimum absolute atomic E-state index is 0.0475. The van der Waals surface area contributed by atoms with Crippen molar-refractivity contribution < 1.29 is 17.6 Å². The number of halogens is 2. The highest BCUT2D eigenvalue weighted by Crippen LogP contribution is 2.25. The minimum atomic E-state index is -3.18. The molecule has 0 radical (unpaired) electrons. The van der Waals surface area contributed by atoms with Gasteiger partial charge in [-0.1, -0.05) is 23.9 Å². The van der Waals surface area contributed by atoms with Crippen molar-refractivity contribution in [1.82, 2.24) is 14.9 Å². The zero-order valence-electron chi connectivity index (χ0n) is 14.4. The Morgan fingerprint density at radius 3 is 2.67 bits per heavy atom. The van der Waals surface area contributed by atoms with Crippen molar-refractivity contribution in [3.8, 4) is 0 Å². The molecular formula is C17H17BrFN3O3S2. The largest absolute Gasteiger partial charge is 0.329 e. The van der Waals surface area contributed by atoms with E-state index >= 15 is 0 Å². The summed E-state index contributed by atoms with van der Waals surface area (Å²) in [7, 11) is -3.18. The molecule has 0 aliphatic carbocycles. The van der Waals surface area contributed by atoms with Gasteiger partial charge in [0.15, 0.2) is 15.0 Å². The van der Waals surface area contributed by atoms with Crippen molar-refractivity contribution in [3.63, 3.8) is 0 Å². The molecule has 1 aliphatic rings.